The molecular weight excluding hydrogens is 272 g/mol. The van der Waals surface area contributed by atoms with Crippen LogP contribution in [-0.2, 0) is 6.54 Å². The Hall–Kier alpha value is -0.270. The van der Waals surface area contributed by atoms with Crippen LogP contribution in [0.5, 0.6) is 0 Å². The highest BCUT2D eigenvalue weighted by Crippen LogP contribution is 2.16. The van der Waals surface area contributed by atoms with Crippen molar-refractivity contribution in [1.29, 1.82) is 0 Å². The second-order valence-electron chi connectivity index (χ2n) is 1.95. The highest BCUT2D eigenvalue weighted by molar-refractivity contribution is 14.1. The first-order valence-corrected chi connectivity index (χ1v) is 3.81. The van der Waals surface area contributed by atoms with Crippen molar-refractivity contribution in [2.75, 3.05) is 0 Å². The molecule has 0 atom stereocenters. The third kappa shape index (κ3) is 3.08. The van der Waals surface area contributed by atoms with Crippen molar-refractivity contribution in [3.63, 3.8) is 0 Å². The lowest BCUT2D eigenvalue weighted by atomic mass is 10.6. The van der Waals surface area contributed by atoms with E-state index in [9.17, 15) is 13.2 Å². The Bertz CT molecular complexity index is 242. The molecule has 0 saturated carbocycles. The van der Waals surface area contributed by atoms with Gasteiger partial charge >= 0.3 is 6.18 Å². The minimum atomic E-state index is -4.19. The monoisotopic (exact) mass is 276 g/mol. The third-order valence-corrected chi connectivity index (χ3v) is 1.52. The Morgan fingerprint density at radius 2 is 2.18 bits per heavy atom. The van der Waals surface area contributed by atoms with Crippen LogP contribution in [0.15, 0.2) is 12.3 Å². The maximum atomic E-state index is 11.7. The molecule has 0 fully saturated rings. The summed E-state index contributed by atoms with van der Waals surface area (Å²) in [6.07, 6.45) is -2.88. The van der Waals surface area contributed by atoms with Crippen LogP contribution in [0.25, 0.3) is 0 Å². The zero-order valence-electron chi connectivity index (χ0n) is 5.27. The fourth-order valence-electron chi connectivity index (χ4n) is 0.609. The van der Waals surface area contributed by atoms with Gasteiger partial charge in [-0.15, -0.1) is 0 Å². The normalized spacial score (nSPS) is 12.0. The van der Waals surface area contributed by atoms with Gasteiger partial charge in [0, 0.05) is 6.20 Å². The first kappa shape index (κ1) is 8.82. The second-order valence-corrected chi connectivity index (χ2v) is 3.06. The van der Waals surface area contributed by atoms with E-state index in [4.69, 9.17) is 0 Å². The smallest absolute Gasteiger partial charge is 0.263 e. The standard InChI is InChI=1S/C5H4F3IN2/c6-5(7,8)3-11-2-1-4(9)10-11/h1-2H,3H2. The van der Waals surface area contributed by atoms with Gasteiger partial charge in [-0.1, -0.05) is 0 Å². The Morgan fingerprint density at radius 3 is 2.55 bits per heavy atom. The van der Waals surface area contributed by atoms with Crippen LogP contribution in [0.2, 0.25) is 0 Å². The van der Waals surface area contributed by atoms with E-state index in [1.54, 1.807) is 0 Å². The molecule has 2 nitrogen and oxygen atoms in total. The molecule has 0 bridgehead atoms. The Morgan fingerprint density at radius 1 is 1.55 bits per heavy atom. The average molecular weight is 276 g/mol. The van der Waals surface area contributed by atoms with Crippen molar-refractivity contribution in [2.24, 2.45) is 0 Å². The predicted molar refractivity (Wildman–Crippen MR) is 41.0 cm³/mol. The molecule has 1 aromatic heterocycles. The lowest BCUT2D eigenvalue weighted by Crippen LogP contribution is -2.17. The van der Waals surface area contributed by atoms with Crippen LogP contribution in [0, 0.1) is 3.70 Å². The molecule has 0 amide bonds. The molecule has 0 aliphatic heterocycles. The lowest BCUT2D eigenvalue weighted by Gasteiger charge is -2.04. The first-order valence-electron chi connectivity index (χ1n) is 2.73. The number of alkyl halides is 3. The number of nitrogens with zero attached hydrogens (tertiary/aromatic N) is 2. The number of hydrogen-bond acceptors (Lipinski definition) is 1. The number of hydrogen-bond donors (Lipinski definition) is 0. The van der Waals surface area contributed by atoms with Crippen LogP contribution in [0.1, 0.15) is 0 Å². The molecule has 0 aliphatic carbocycles. The van der Waals surface area contributed by atoms with Gasteiger partial charge in [-0.3, -0.25) is 4.68 Å². The van der Waals surface area contributed by atoms with Crippen molar-refractivity contribution in [1.82, 2.24) is 9.78 Å². The van der Waals surface area contributed by atoms with Gasteiger partial charge in [0.15, 0.2) is 0 Å². The summed E-state index contributed by atoms with van der Waals surface area (Å²) in [6, 6.07) is 1.52. The molecule has 0 N–H and O–H groups in total. The van der Waals surface area contributed by atoms with Gasteiger partial charge < -0.3 is 0 Å². The number of rotatable bonds is 1. The van der Waals surface area contributed by atoms with Crippen LogP contribution >= 0.6 is 22.6 Å². The van der Waals surface area contributed by atoms with E-state index in [-0.39, 0.29) is 0 Å². The summed E-state index contributed by atoms with van der Waals surface area (Å²) in [5.41, 5.74) is 0. The van der Waals surface area contributed by atoms with Gasteiger partial charge in [-0.2, -0.15) is 18.3 Å². The molecular formula is C5H4F3IN2. The van der Waals surface area contributed by atoms with Crippen LogP contribution < -0.4 is 0 Å². The summed E-state index contributed by atoms with van der Waals surface area (Å²) in [5, 5.41) is 3.58. The van der Waals surface area contributed by atoms with Gasteiger partial charge in [0.2, 0.25) is 0 Å². The molecule has 1 rings (SSSR count). The number of halogens is 4. The van der Waals surface area contributed by atoms with E-state index < -0.39 is 12.7 Å². The zero-order chi connectivity index (χ0) is 8.48. The summed E-state index contributed by atoms with van der Waals surface area (Å²) in [6.45, 7) is -1.02. The number of aromatic nitrogens is 2. The van der Waals surface area contributed by atoms with E-state index >= 15 is 0 Å². The van der Waals surface area contributed by atoms with Gasteiger partial charge in [0.1, 0.15) is 10.2 Å². The van der Waals surface area contributed by atoms with Crippen molar-refractivity contribution in [3.05, 3.63) is 16.0 Å². The molecule has 1 heterocycles. The second kappa shape index (κ2) is 3.00. The van der Waals surface area contributed by atoms with Gasteiger partial charge in [0.25, 0.3) is 0 Å². The minimum absolute atomic E-state index is 0.562. The van der Waals surface area contributed by atoms with E-state index in [1.807, 2.05) is 22.6 Å². The summed E-state index contributed by atoms with van der Waals surface area (Å²) < 4.78 is 36.5. The average Bonchev–Trinajstić information content (AvgIpc) is 2.10. The third-order valence-electron chi connectivity index (χ3n) is 0.949. The molecule has 1 aromatic rings. The lowest BCUT2D eigenvalue weighted by molar-refractivity contribution is -0.142. The van der Waals surface area contributed by atoms with E-state index in [2.05, 4.69) is 5.10 Å². The molecule has 11 heavy (non-hydrogen) atoms. The van der Waals surface area contributed by atoms with Crippen LogP contribution in [0.3, 0.4) is 0 Å². The summed E-state index contributed by atoms with van der Waals surface area (Å²) in [4.78, 5) is 0. The zero-order valence-corrected chi connectivity index (χ0v) is 7.43. The van der Waals surface area contributed by atoms with E-state index in [0.717, 1.165) is 4.68 Å². The Balaban J connectivity index is 2.65. The Labute approximate surface area is 74.5 Å². The SMILES string of the molecule is FC(F)(F)Cn1ccc(I)n1. The van der Waals surface area contributed by atoms with Crippen molar-refractivity contribution in [2.45, 2.75) is 12.7 Å². The fraction of sp³-hybridized carbons (Fsp3) is 0.400. The maximum Gasteiger partial charge on any atom is 0.408 e. The van der Waals surface area contributed by atoms with Crippen molar-refractivity contribution in [3.8, 4) is 0 Å². The Kier molecular flexibility index (Phi) is 2.40. The molecule has 0 unspecified atom stereocenters. The molecule has 0 aromatic carbocycles. The van der Waals surface area contributed by atoms with Crippen LogP contribution in [-0.4, -0.2) is 16.0 Å². The predicted octanol–water partition coefficient (Wildman–Crippen LogP) is 2.05. The molecule has 6 heteroatoms. The molecule has 0 aliphatic rings. The minimum Gasteiger partial charge on any atom is -0.263 e. The molecule has 0 spiro atoms. The van der Waals surface area contributed by atoms with Gasteiger partial charge in [-0.25, -0.2) is 0 Å². The molecule has 62 valence electrons. The quantitative estimate of drug-likeness (QED) is 0.718. The highest BCUT2D eigenvalue weighted by atomic mass is 127. The topological polar surface area (TPSA) is 17.8 Å². The molecule has 0 radical (unpaired) electrons. The van der Waals surface area contributed by atoms with Crippen molar-refractivity contribution < 1.29 is 13.2 Å². The van der Waals surface area contributed by atoms with E-state index in [1.165, 1.54) is 12.3 Å². The van der Waals surface area contributed by atoms with E-state index in [0.29, 0.717) is 3.70 Å². The maximum absolute atomic E-state index is 11.7. The summed E-state index contributed by atoms with van der Waals surface area (Å²) >= 11 is 1.85. The van der Waals surface area contributed by atoms with Crippen LogP contribution in [0.4, 0.5) is 13.2 Å². The first-order chi connectivity index (χ1) is 4.97. The highest BCUT2D eigenvalue weighted by Gasteiger charge is 2.28. The van der Waals surface area contributed by atoms with Crippen molar-refractivity contribution >= 4 is 22.6 Å². The summed E-state index contributed by atoms with van der Waals surface area (Å²) in [5.74, 6) is 0. The summed E-state index contributed by atoms with van der Waals surface area (Å²) in [7, 11) is 0. The fourth-order valence-corrected chi connectivity index (χ4v) is 1.05. The molecule has 0 saturated heterocycles. The largest absolute Gasteiger partial charge is 0.408 e. The van der Waals surface area contributed by atoms with Gasteiger partial charge in [0.05, 0.1) is 0 Å². The van der Waals surface area contributed by atoms with Gasteiger partial charge in [-0.05, 0) is 28.7 Å².